The van der Waals surface area contributed by atoms with Crippen LogP contribution in [0.4, 0.5) is 0 Å². The number of hydrogen-bond acceptors (Lipinski definition) is 5. The summed E-state index contributed by atoms with van der Waals surface area (Å²) in [7, 11) is 1.82. The third-order valence-corrected chi connectivity index (χ3v) is 3.50. The van der Waals surface area contributed by atoms with Crippen LogP contribution in [0.15, 0.2) is 41.6 Å². The zero-order valence-corrected chi connectivity index (χ0v) is 11.6. The molecule has 3 aromatic heterocycles. The number of rotatable bonds is 1. The first kappa shape index (κ1) is 12.5. The van der Waals surface area contributed by atoms with Gasteiger partial charge in [-0.25, -0.2) is 9.97 Å². The van der Waals surface area contributed by atoms with Crippen molar-refractivity contribution in [2.45, 2.75) is 0 Å². The molecule has 108 valence electrons. The minimum Gasteiger partial charge on any atom is -0.507 e. The Morgan fingerprint density at radius 2 is 2.14 bits per heavy atom. The van der Waals surface area contributed by atoms with Gasteiger partial charge in [0.15, 0.2) is 5.82 Å². The molecule has 0 saturated heterocycles. The minimum atomic E-state index is -0.240. The SMILES string of the molecule is Cn1cc2cc(-c3ncc4c(=O)[nH]ccc4n3)c(O)cc2n1. The zero-order chi connectivity index (χ0) is 15.3. The summed E-state index contributed by atoms with van der Waals surface area (Å²) in [6.07, 6.45) is 4.85. The van der Waals surface area contributed by atoms with Crippen LogP contribution < -0.4 is 5.56 Å². The number of fused-ring (bicyclic) bond motifs is 2. The molecule has 0 atom stereocenters. The summed E-state index contributed by atoms with van der Waals surface area (Å²) in [5.41, 5.74) is 1.49. The van der Waals surface area contributed by atoms with Crippen LogP contribution >= 0.6 is 0 Å². The van der Waals surface area contributed by atoms with Crippen LogP contribution in [0, 0.1) is 0 Å². The summed E-state index contributed by atoms with van der Waals surface area (Å²) >= 11 is 0. The molecule has 0 aliphatic rings. The fourth-order valence-corrected chi connectivity index (χ4v) is 2.46. The predicted octanol–water partition coefficient (Wildman–Crippen LogP) is 1.58. The fraction of sp³-hybridized carbons (Fsp3) is 0.0667. The highest BCUT2D eigenvalue weighted by Crippen LogP contribution is 2.31. The van der Waals surface area contributed by atoms with Crippen molar-refractivity contribution in [2.24, 2.45) is 7.05 Å². The molecule has 1 aromatic carbocycles. The van der Waals surface area contributed by atoms with E-state index in [2.05, 4.69) is 20.1 Å². The smallest absolute Gasteiger partial charge is 0.258 e. The lowest BCUT2D eigenvalue weighted by Gasteiger charge is -2.04. The van der Waals surface area contributed by atoms with Gasteiger partial charge in [0.2, 0.25) is 0 Å². The third kappa shape index (κ3) is 1.83. The number of aromatic amines is 1. The van der Waals surface area contributed by atoms with E-state index in [4.69, 9.17) is 0 Å². The van der Waals surface area contributed by atoms with Crippen LogP contribution in [0.1, 0.15) is 0 Å². The van der Waals surface area contributed by atoms with Gasteiger partial charge < -0.3 is 10.1 Å². The molecule has 22 heavy (non-hydrogen) atoms. The molecule has 7 heteroatoms. The molecule has 0 bridgehead atoms. The number of hydrogen-bond donors (Lipinski definition) is 2. The first-order valence-corrected chi connectivity index (χ1v) is 6.63. The van der Waals surface area contributed by atoms with Gasteiger partial charge in [0.1, 0.15) is 5.75 Å². The van der Waals surface area contributed by atoms with Crippen molar-refractivity contribution in [3.8, 4) is 17.1 Å². The average molecular weight is 293 g/mol. The number of aryl methyl sites for hydroxylation is 1. The van der Waals surface area contributed by atoms with E-state index in [0.29, 0.717) is 27.8 Å². The van der Waals surface area contributed by atoms with E-state index in [-0.39, 0.29) is 11.3 Å². The van der Waals surface area contributed by atoms with Gasteiger partial charge in [-0.15, -0.1) is 0 Å². The number of aromatic nitrogens is 5. The van der Waals surface area contributed by atoms with Crippen molar-refractivity contribution in [3.05, 3.63) is 47.1 Å². The first-order valence-electron chi connectivity index (χ1n) is 6.63. The Balaban J connectivity index is 1.97. The van der Waals surface area contributed by atoms with Crippen LogP contribution in [-0.4, -0.2) is 29.8 Å². The summed E-state index contributed by atoms with van der Waals surface area (Å²) in [4.78, 5) is 22.8. The number of pyridine rings is 1. The molecule has 0 spiro atoms. The number of nitrogens with zero attached hydrogens (tertiary/aromatic N) is 4. The molecule has 0 radical (unpaired) electrons. The molecule has 0 aliphatic carbocycles. The standard InChI is InChI=1S/C15H11N5O2/c1-20-7-8-4-9(13(21)5-12(8)19-20)14-17-6-10-11(18-14)2-3-16-15(10)22/h2-7,21H,1H3,(H,16,22). The lowest BCUT2D eigenvalue weighted by molar-refractivity contribution is 0.477. The highest BCUT2D eigenvalue weighted by molar-refractivity contribution is 5.87. The largest absolute Gasteiger partial charge is 0.507 e. The second kappa shape index (κ2) is 4.39. The van der Waals surface area contributed by atoms with E-state index in [1.807, 2.05) is 13.2 Å². The van der Waals surface area contributed by atoms with E-state index < -0.39 is 0 Å². The Morgan fingerprint density at radius 1 is 1.27 bits per heavy atom. The third-order valence-electron chi connectivity index (χ3n) is 3.50. The fourth-order valence-electron chi connectivity index (χ4n) is 2.46. The van der Waals surface area contributed by atoms with E-state index in [1.54, 1.807) is 22.9 Å². The Labute approximate surface area is 123 Å². The Bertz CT molecular complexity index is 1080. The van der Waals surface area contributed by atoms with Crippen LogP contribution in [0.25, 0.3) is 33.2 Å². The van der Waals surface area contributed by atoms with Crippen LogP contribution in [0.3, 0.4) is 0 Å². The summed E-state index contributed by atoms with van der Waals surface area (Å²) in [6.45, 7) is 0. The second-order valence-electron chi connectivity index (χ2n) is 5.03. The lowest BCUT2D eigenvalue weighted by atomic mass is 10.1. The molecule has 3 heterocycles. The average Bonchev–Trinajstić information content (AvgIpc) is 2.85. The van der Waals surface area contributed by atoms with Crippen molar-refractivity contribution in [1.82, 2.24) is 24.7 Å². The molecule has 0 unspecified atom stereocenters. The minimum absolute atomic E-state index is 0.0513. The van der Waals surface area contributed by atoms with Crippen molar-refractivity contribution in [3.63, 3.8) is 0 Å². The van der Waals surface area contributed by atoms with Gasteiger partial charge in [0, 0.05) is 37.1 Å². The number of phenols is 1. The number of nitrogens with one attached hydrogen (secondary N) is 1. The zero-order valence-electron chi connectivity index (χ0n) is 11.6. The summed E-state index contributed by atoms with van der Waals surface area (Å²) in [5.74, 6) is 0.414. The first-order chi connectivity index (χ1) is 10.6. The van der Waals surface area contributed by atoms with Crippen molar-refractivity contribution < 1.29 is 5.11 Å². The van der Waals surface area contributed by atoms with Gasteiger partial charge in [0.05, 0.1) is 22.0 Å². The lowest BCUT2D eigenvalue weighted by Crippen LogP contribution is -2.06. The maximum absolute atomic E-state index is 11.7. The number of phenolic OH excluding ortho intramolecular Hbond substituents is 1. The van der Waals surface area contributed by atoms with E-state index in [9.17, 15) is 9.90 Å². The van der Waals surface area contributed by atoms with Gasteiger partial charge in [-0.3, -0.25) is 9.48 Å². The molecule has 0 saturated carbocycles. The normalized spacial score (nSPS) is 11.3. The number of H-pyrrole nitrogens is 1. The molecule has 4 rings (SSSR count). The van der Waals surface area contributed by atoms with Crippen LogP contribution in [-0.2, 0) is 7.05 Å². The van der Waals surface area contributed by atoms with Gasteiger partial charge >= 0.3 is 0 Å². The van der Waals surface area contributed by atoms with Crippen molar-refractivity contribution >= 4 is 21.8 Å². The van der Waals surface area contributed by atoms with Crippen molar-refractivity contribution in [1.29, 1.82) is 0 Å². The van der Waals surface area contributed by atoms with Gasteiger partial charge in [-0.2, -0.15) is 5.10 Å². The Hall–Kier alpha value is -3.22. The quantitative estimate of drug-likeness (QED) is 0.555. The highest BCUT2D eigenvalue weighted by atomic mass is 16.3. The second-order valence-corrected chi connectivity index (χ2v) is 5.03. The van der Waals surface area contributed by atoms with Crippen LogP contribution in [0.5, 0.6) is 5.75 Å². The summed E-state index contributed by atoms with van der Waals surface area (Å²) in [5, 5.41) is 15.7. The molecule has 0 amide bonds. The number of benzene rings is 1. The molecule has 4 aromatic rings. The molecular formula is C15H11N5O2. The summed E-state index contributed by atoms with van der Waals surface area (Å²) in [6, 6.07) is 5.06. The predicted molar refractivity (Wildman–Crippen MR) is 81.5 cm³/mol. The monoisotopic (exact) mass is 293 g/mol. The van der Waals surface area contributed by atoms with Gasteiger partial charge in [-0.05, 0) is 12.1 Å². The van der Waals surface area contributed by atoms with Crippen molar-refractivity contribution in [2.75, 3.05) is 0 Å². The molecular weight excluding hydrogens is 282 g/mol. The Morgan fingerprint density at radius 3 is 3.00 bits per heavy atom. The van der Waals surface area contributed by atoms with Crippen LogP contribution in [0.2, 0.25) is 0 Å². The Kier molecular flexibility index (Phi) is 2.50. The van der Waals surface area contributed by atoms with Gasteiger partial charge in [0.25, 0.3) is 5.56 Å². The molecule has 7 nitrogen and oxygen atoms in total. The van der Waals surface area contributed by atoms with E-state index in [0.717, 1.165) is 5.39 Å². The molecule has 0 aliphatic heterocycles. The topological polar surface area (TPSA) is 96.7 Å². The maximum Gasteiger partial charge on any atom is 0.258 e. The summed E-state index contributed by atoms with van der Waals surface area (Å²) < 4.78 is 1.68. The highest BCUT2D eigenvalue weighted by Gasteiger charge is 2.12. The maximum atomic E-state index is 11.7. The van der Waals surface area contributed by atoms with Gasteiger partial charge in [-0.1, -0.05) is 0 Å². The molecule has 2 N–H and O–H groups in total. The van der Waals surface area contributed by atoms with E-state index >= 15 is 0 Å². The van der Waals surface area contributed by atoms with E-state index in [1.165, 1.54) is 12.4 Å². The number of aromatic hydroxyl groups is 1. The molecule has 0 fully saturated rings.